The number of benzene rings is 1. The molecular formula is C30H41N7O3S. The molecule has 0 bridgehead atoms. The van der Waals surface area contributed by atoms with Gasteiger partial charge in [-0.05, 0) is 102 Å². The monoisotopic (exact) mass is 579 g/mol. The lowest BCUT2D eigenvalue weighted by Crippen LogP contribution is -2.36. The Bertz CT molecular complexity index is 1470. The van der Waals surface area contributed by atoms with E-state index in [-0.39, 0.29) is 17.2 Å². The van der Waals surface area contributed by atoms with Crippen LogP contribution < -0.4 is 10.1 Å². The van der Waals surface area contributed by atoms with E-state index in [0.717, 1.165) is 74.8 Å². The number of aryl methyl sites for hydroxylation is 1. The fourth-order valence-electron chi connectivity index (χ4n) is 6.54. The molecule has 11 heteroatoms. The first-order chi connectivity index (χ1) is 19.8. The van der Waals surface area contributed by atoms with Crippen molar-refractivity contribution in [1.82, 2.24) is 30.0 Å². The molecule has 3 aromatic rings. The van der Waals surface area contributed by atoms with Crippen molar-refractivity contribution in [3.63, 3.8) is 0 Å². The zero-order valence-electron chi connectivity index (χ0n) is 24.3. The van der Waals surface area contributed by atoms with Gasteiger partial charge in [0, 0.05) is 37.0 Å². The molecule has 41 heavy (non-hydrogen) atoms. The fourth-order valence-corrected chi connectivity index (χ4v) is 8.13. The summed E-state index contributed by atoms with van der Waals surface area (Å²) in [6.07, 6.45) is 9.98. The highest BCUT2D eigenvalue weighted by atomic mass is 32.2. The Labute approximate surface area is 242 Å². The smallest absolute Gasteiger partial charge is 0.247 e. The number of hydrogen-bond acceptors (Lipinski definition) is 9. The van der Waals surface area contributed by atoms with Crippen LogP contribution in [0.1, 0.15) is 56.1 Å². The Morgan fingerprint density at radius 1 is 1.05 bits per heavy atom. The summed E-state index contributed by atoms with van der Waals surface area (Å²) in [7, 11) is 2.65. The third-order valence-electron chi connectivity index (χ3n) is 9.07. The van der Waals surface area contributed by atoms with Gasteiger partial charge in [0.1, 0.15) is 6.10 Å². The van der Waals surface area contributed by atoms with Crippen LogP contribution in [-0.2, 0) is 22.7 Å². The van der Waals surface area contributed by atoms with E-state index in [9.17, 15) is 8.42 Å². The first-order valence-electron chi connectivity index (χ1n) is 14.8. The summed E-state index contributed by atoms with van der Waals surface area (Å²) < 4.78 is 33.1. The van der Waals surface area contributed by atoms with E-state index in [1.54, 1.807) is 6.20 Å². The number of piperidine rings is 1. The molecule has 6 rings (SSSR count). The van der Waals surface area contributed by atoms with E-state index < -0.39 is 15.1 Å². The van der Waals surface area contributed by atoms with Gasteiger partial charge in [0.25, 0.3) is 0 Å². The van der Waals surface area contributed by atoms with E-state index in [0.29, 0.717) is 24.8 Å². The predicted molar refractivity (Wildman–Crippen MR) is 159 cm³/mol. The summed E-state index contributed by atoms with van der Waals surface area (Å²) in [6.45, 7) is 2.05. The van der Waals surface area contributed by atoms with Crippen LogP contribution >= 0.6 is 0 Å². The van der Waals surface area contributed by atoms with E-state index in [1.165, 1.54) is 11.1 Å². The molecule has 1 aromatic carbocycles. The molecular weight excluding hydrogens is 538 g/mol. The van der Waals surface area contributed by atoms with Crippen LogP contribution in [-0.4, -0.2) is 90.0 Å². The van der Waals surface area contributed by atoms with Gasteiger partial charge >= 0.3 is 0 Å². The zero-order chi connectivity index (χ0) is 28.6. The SMILES string of the molecule is CN1CCC(Oc2cc(-c3ccc4c(c3Nc3n[nH]c(S(=O)(=O)C5CCC(N(C)C)CC5)n3)CCC4)ccn2)CC1. The first-order valence-corrected chi connectivity index (χ1v) is 16.4. The van der Waals surface area contributed by atoms with Gasteiger partial charge in [-0.1, -0.05) is 12.1 Å². The summed E-state index contributed by atoms with van der Waals surface area (Å²) in [5, 5.41) is 9.94. The minimum absolute atomic E-state index is 0.0554. The molecule has 1 aliphatic heterocycles. The van der Waals surface area contributed by atoms with Gasteiger partial charge in [-0.25, -0.2) is 18.5 Å². The van der Waals surface area contributed by atoms with Gasteiger partial charge in [0.2, 0.25) is 26.8 Å². The van der Waals surface area contributed by atoms with E-state index >= 15 is 0 Å². The van der Waals surface area contributed by atoms with E-state index in [2.05, 4.69) is 68.6 Å². The average Bonchev–Trinajstić information content (AvgIpc) is 3.65. The molecule has 0 amide bonds. The van der Waals surface area contributed by atoms with Crippen LogP contribution in [0.2, 0.25) is 0 Å². The van der Waals surface area contributed by atoms with Gasteiger partial charge in [-0.3, -0.25) is 0 Å². The van der Waals surface area contributed by atoms with Crippen molar-refractivity contribution in [2.45, 2.75) is 80.3 Å². The standard InChI is InChI=1S/C30H41N7O3S/c1-36(2)22-8-10-24(11-9-22)41(38,39)30-33-29(34-35-30)32-28-25-6-4-5-20(25)7-12-26(28)21-13-16-31-27(19-21)40-23-14-17-37(3)18-15-23/h7,12-13,16,19,22-24H,4-6,8-11,14-15,17-18H2,1-3H3,(H2,32,33,34,35). The number of pyridine rings is 1. The molecule has 2 aromatic heterocycles. The molecule has 1 saturated heterocycles. The van der Waals surface area contributed by atoms with Gasteiger partial charge in [0.05, 0.1) is 10.9 Å². The van der Waals surface area contributed by atoms with Crippen molar-refractivity contribution in [3.8, 4) is 17.0 Å². The van der Waals surface area contributed by atoms with Crippen LogP contribution in [0.5, 0.6) is 5.88 Å². The maximum Gasteiger partial charge on any atom is 0.247 e. The molecule has 0 atom stereocenters. The molecule has 0 radical (unpaired) electrons. The molecule has 220 valence electrons. The van der Waals surface area contributed by atoms with Gasteiger partial charge in [-0.15, -0.1) is 5.10 Å². The highest BCUT2D eigenvalue weighted by Gasteiger charge is 2.35. The van der Waals surface area contributed by atoms with Crippen LogP contribution in [0.3, 0.4) is 0 Å². The van der Waals surface area contributed by atoms with Crippen LogP contribution in [0.4, 0.5) is 11.6 Å². The molecule has 2 fully saturated rings. The lowest BCUT2D eigenvalue weighted by molar-refractivity contribution is 0.110. The third kappa shape index (κ3) is 5.98. The first kappa shape index (κ1) is 28.1. The lowest BCUT2D eigenvalue weighted by Gasteiger charge is -2.31. The number of likely N-dealkylation sites (tertiary alicyclic amines) is 1. The number of nitrogens with zero attached hydrogens (tertiary/aromatic N) is 5. The van der Waals surface area contributed by atoms with Crippen molar-refractivity contribution >= 4 is 21.5 Å². The molecule has 1 saturated carbocycles. The summed E-state index contributed by atoms with van der Waals surface area (Å²) in [5.41, 5.74) is 5.44. The summed E-state index contributed by atoms with van der Waals surface area (Å²) in [5.74, 6) is 0.891. The highest BCUT2D eigenvalue weighted by molar-refractivity contribution is 7.91. The number of anilines is 2. The second-order valence-corrected chi connectivity index (χ2v) is 14.2. The second-order valence-electron chi connectivity index (χ2n) is 12.0. The molecule has 2 aliphatic carbocycles. The van der Waals surface area contributed by atoms with Gasteiger partial charge in [-0.2, -0.15) is 4.98 Å². The number of rotatable bonds is 8. The predicted octanol–water partition coefficient (Wildman–Crippen LogP) is 4.22. The Balaban J connectivity index is 1.24. The Morgan fingerprint density at radius 2 is 1.83 bits per heavy atom. The topological polar surface area (TPSA) is 116 Å². The van der Waals surface area contributed by atoms with Crippen molar-refractivity contribution in [2.75, 3.05) is 39.5 Å². The fraction of sp³-hybridized carbons (Fsp3) is 0.567. The summed E-state index contributed by atoms with van der Waals surface area (Å²) >= 11 is 0. The number of ether oxygens (including phenoxy) is 1. The normalized spacial score (nSPS) is 22.1. The van der Waals surface area contributed by atoms with Crippen molar-refractivity contribution in [1.29, 1.82) is 0 Å². The molecule has 0 spiro atoms. The summed E-state index contributed by atoms with van der Waals surface area (Å²) in [4.78, 5) is 13.5. The van der Waals surface area contributed by atoms with Crippen molar-refractivity contribution in [3.05, 3.63) is 41.6 Å². The minimum Gasteiger partial charge on any atom is -0.474 e. The van der Waals surface area contributed by atoms with Crippen molar-refractivity contribution in [2.24, 2.45) is 0 Å². The largest absolute Gasteiger partial charge is 0.474 e. The Morgan fingerprint density at radius 3 is 2.59 bits per heavy atom. The Kier molecular flexibility index (Phi) is 8.02. The molecule has 3 heterocycles. The number of H-pyrrole nitrogens is 1. The zero-order valence-corrected chi connectivity index (χ0v) is 25.1. The number of aromatic amines is 1. The highest BCUT2D eigenvalue weighted by Crippen LogP contribution is 2.39. The molecule has 3 aliphatic rings. The van der Waals surface area contributed by atoms with Gasteiger partial charge < -0.3 is 19.9 Å². The van der Waals surface area contributed by atoms with Crippen LogP contribution in [0.15, 0.2) is 35.6 Å². The maximum absolute atomic E-state index is 13.4. The molecule has 2 N–H and O–H groups in total. The van der Waals surface area contributed by atoms with Crippen LogP contribution in [0.25, 0.3) is 11.1 Å². The van der Waals surface area contributed by atoms with Crippen LogP contribution in [0, 0.1) is 0 Å². The number of sulfone groups is 1. The quantitative estimate of drug-likeness (QED) is 0.405. The average molecular weight is 580 g/mol. The number of aromatic nitrogens is 4. The van der Waals surface area contributed by atoms with E-state index in [1.807, 2.05) is 12.1 Å². The Hall–Kier alpha value is -3.02. The molecule has 0 unspecified atom stereocenters. The third-order valence-corrected chi connectivity index (χ3v) is 11.1. The number of fused-ring (bicyclic) bond motifs is 1. The molecule has 10 nitrogen and oxygen atoms in total. The minimum atomic E-state index is -3.60. The van der Waals surface area contributed by atoms with Crippen molar-refractivity contribution < 1.29 is 13.2 Å². The van der Waals surface area contributed by atoms with E-state index in [4.69, 9.17) is 4.74 Å². The summed E-state index contributed by atoms with van der Waals surface area (Å²) in [6, 6.07) is 8.72. The lowest BCUT2D eigenvalue weighted by atomic mass is 9.94. The number of hydrogen-bond donors (Lipinski definition) is 2. The second kappa shape index (κ2) is 11.7. The maximum atomic E-state index is 13.4. The number of nitrogens with one attached hydrogen (secondary N) is 2. The van der Waals surface area contributed by atoms with Gasteiger partial charge in [0.15, 0.2) is 0 Å².